The van der Waals surface area contributed by atoms with Gasteiger partial charge in [-0.25, -0.2) is 0 Å². The summed E-state index contributed by atoms with van der Waals surface area (Å²) < 4.78 is 5.22. The molecular weight excluding hydrogens is 256 g/mol. The van der Waals surface area contributed by atoms with Crippen molar-refractivity contribution in [2.24, 2.45) is 5.73 Å². The summed E-state index contributed by atoms with van der Waals surface area (Å²) >= 11 is 1.58. The zero-order valence-electron chi connectivity index (χ0n) is 10.9. The van der Waals surface area contributed by atoms with Gasteiger partial charge in [-0.05, 0) is 37.3 Å². The maximum Gasteiger partial charge on any atom is 0.123 e. The van der Waals surface area contributed by atoms with E-state index in [1.165, 1.54) is 5.56 Å². The summed E-state index contributed by atoms with van der Waals surface area (Å²) in [6.45, 7) is 2.06. The third-order valence-electron chi connectivity index (χ3n) is 2.73. The molecule has 0 aliphatic carbocycles. The van der Waals surface area contributed by atoms with Gasteiger partial charge in [0.05, 0.1) is 7.11 Å². The van der Waals surface area contributed by atoms with E-state index in [1.54, 1.807) is 18.9 Å². The molecule has 2 rings (SSSR count). The van der Waals surface area contributed by atoms with Crippen LogP contribution in [-0.2, 0) is 0 Å². The zero-order valence-corrected chi connectivity index (χ0v) is 11.8. The van der Waals surface area contributed by atoms with Crippen LogP contribution in [0, 0.1) is 12.3 Å². The Morgan fingerprint density at radius 2 is 1.84 bits per heavy atom. The van der Waals surface area contributed by atoms with Crippen molar-refractivity contribution in [3.8, 4) is 5.75 Å². The highest BCUT2D eigenvalue weighted by atomic mass is 32.2. The minimum Gasteiger partial charge on any atom is -0.497 e. The summed E-state index contributed by atoms with van der Waals surface area (Å²) in [6, 6.07) is 13.8. The van der Waals surface area contributed by atoms with Gasteiger partial charge in [-0.3, -0.25) is 5.41 Å². The van der Waals surface area contributed by atoms with Crippen molar-refractivity contribution in [1.82, 2.24) is 0 Å². The van der Waals surface area contributed by atoms with Crippen LogP contribution in [0.2, 0.25) is 0 Å². The molecule has 2 aromatic carbocycles. The molecule has 0 atom stereocenters. The Morgan fingerprint density at radius 3 is 2.42 bits per heavy atom. The molecule has 0 saturated heterocycles. The van der Waals surface area contributed by atoms with Crippen LogP contribution in [0.15, 0.2) is 52.3 Å². The number of amidine groups is 1. The molecule has 4 heteroatoms. The van der Waals surface area contributed by atoms with Crippen molar-refractivity contribution >= 4 is 17.6 Å². The number of hydrogen-bond donors (Lipinski definition) is 2. The number of methoxy groups -OCH3 is 1. The van der Waals surface area contributed by atoms with Crippen LogP contribution >= 0.6 is 11.8 Å². The molecule has 0 heterocycles. The van der Waals surface area contributed by atoms with Gasteiger partial charge in [0.2, 0.25) is 0 Å². The number of benzene rings is 2. The Balaban J connectivity index is 2.36. The summed E-state index contributed by atoms with van der Waals surface area (Å²) in [5.41, 5.74) is 7.57. The van der Waals surface area contributed by atoms with Crippen LogP contribution in [0.1, 0.15) is 11.1 Å². The van der Waals surface area contributed by atoms with E-state index in [9.17, 15) is 0 Å². The molecule has 0 fully saturated rings. The third kappa shape index (κ3) is 3.29. The lowest BCUT2D eigenvalue weighted by Gasteiger charge is -2.10. The molecule has 0 radical (unpaired) electrons. The zero-order chi connectivity index (χ0) is 13.8. The second-order valence-electron chi connectivity index (χ2n) is 4.19. The van der Waals surface area contributed by atoms with Gasteiger partial charge in [-0.2, -0.15) is 0 Å². The molecule has 3 N–H and O–H groups in total. The molecule has 0 unspecified atom stereocenters. The van der Waals surface area contributed by atoms with E-state index in [0.29, 0.717) is 0 Å². The van der Waals surface area contributed by atoms with Gasteiger partial charge in [0, 0.05) is 15.4 Å². The van der Waals surface area contributed by atoms with Crippen molar-refractivity contribution in [2.45, 2.75) is 16.7 Å². The van der Waals surface area contributed by atoms with E-state index in [4.69, 9.17) is 15.9 Å². The summed E-state index contributed by atoms with van der Waals surface area (Å²) in [4.78, 5) is 2.04. The van der Waals surface area contributed by atoms with Gasteiger partial charge < -0.3 is 10.5 Å². The minimum absolute atomic E-state index is 0.0669. The lowest BCUT2D eigenvalue weighted by atomic mass is 10.2. The minimum atomic E-state index is 0.0669. The molecule has 0 spiro atoms. The van der Waals surface area contributed by atoms with E-state index < -0.39 is 0 Å². The highest BCUT2D eigenvalue weighted by molar-refractivity contribution is 7.99. The van der Waals surface area contributed by atoms with E-state index in [-0.39, 0.29) is 5.84 Å². The fraction of sp³-hybridized carbons (Fsp3) is 0.133. The molecule has 0 aliphatic rings. The average Bonchev–Trinajstić information content (AvgIpc) is 2.41. The van der Waals surface area contributed by atoms with Crippen molar-refractivity contribution in [1.29, 1.82) is 5.41 Å². The molecule has 98 valence electrons. The van der Waals surface area contributed by atoms with Crippen LogP contribution in [0.4, 0.5) is 0 Å². The number of aryl methyl sites for hydroxylation is 1. The first kappa shape index (κ1) is 13.5. The predicted molar refractivity (Wildman–Crippen MR) is 79.3 cm³/mol. The Kier molecular flexibility index (Phi) is 4.12. The highest BCUT2D eigenvalue weighted by Gasteiger charge is 2.08. The van der Waals surface area contributed by atoms with Crippen LogP contribution in [-0.4, -0.2) is 12.9 Å². The highest BCUT2D eigenvalue weighted by Crippen LogP contribution is 2.33. The van der Waals surface area contributed by atoms with Gasteiger partial charge >= 0.3 is 0 Å². The van der Waals surface area contributed by atoms with Gasteiger partial charge in [0.25, 0.3) is 0 Å². The number of ether oxygens (including phenoxy) is 1. The molecule has 0 amide bonds. The Bertz CT molecular complexity index is 594. The number of nitrogens with two attached hydrogens (primary N) is 1. The average molecular weight is 272 g/mol. The Hall–Kier alpha value is -1.94. The fourth-order valence-corrected chi connectivity index (χ4v) is 2.66. The summed E-state index contributed by atoms with van der Waals surface area (Å²) in [5.74, 6) is 0.830. The molecular formula is C15H16N2OS. The molecule has 0 saturated carbocycles. The molecule has 0 aromatic heterocycles. The lowest BCUT2D eigenvalue weighted by molar-refractivity contribution is 0.413. The van der Waals surface area contributed by atoms with Gasteiger partial charge in [0.15, 0.2) is 0 Å². The monoisotopic (exact) mass is 272 g/mol. The van der Waals surface area contributed by atoms with E-state index in [2.05, 4.69) is 31.2 Å². The van der Waals surface area contributed by atoms with E-state index >= 15 is 0 Å². The summed E-state index contributed by atoms with van der Waals surface area (Å²) in [6.07, 6.45) is 0. The van der Waals surface area contributed by atoms with Crippen molar-refractivity contribution < 1.29 is 4.74 Å². The van der Waals surface area contributed by atoms with Crippen LogP contribution < -0.4 is 10.5 Å². The van der Waals surface area contributed by atoms with Crippen molar-refractivity contribution in [3.05, 3.63) is 53.6 Å². The largest absolute Gasteiger partial charge is 0.497 e. The molecule has 0 bridgehead atoms. The van der Waals surface area contributed by atoms with Crippen molar-refractivity contribution in [2.75, 3.05) is 7.11 Å². The van der Waals surface area contributed by atoms with E-state index in [0.717, 1.165) is 21.1 Å². The number of nitrogen functional groups attached to an aromatic ring is 1. The summed E-state index contributed by atoms with van der Waals surface area (Å²) in [5, 5.41) is 7.63. The normalized spacial score (nSPS) is 10.2. The van der Waals surface area contributed by atoms with Crippen molar-refractivity contribution in [3.63, 3.8) is 0 Å². The molecule has 19 heavy (non-hydrogen) atoms. The fourth-order valence-electron chi connectivity index (χ4n) is 1.67. The maximum absolute atomic E-state index is 7.63. The second-order valence-corrected chi connectivity index (χ2v) is 5.31. The topological polar surface area (TPSA) is 59.1 Å². The predicted octanol–water partition coefficient (Wildman–Crippen LogP) is 3.44. The lowest BCUT2D eigenvalue weighted by Crippen LogP contribution is -2.12. The van der Waals surface area contributed by atoms with Crippen LogP contribution in [0.3, 0.4) is 0 Å². The van der Waals surface area contributed by atoms with Gasteiger partial charge in [-0.1, -0.05) is 29.5 Å². The van der Waals surface area contributed by atoms with Crippen LogP contribution in [0.25, 0.3) is 0 Å². The molecule has 0 aliphatic heterocycles. The molecule has 2 aromatic rings. The number of nitrogens with one attached hydrogen (secondary N) is 1. The van der Waals surface area contributed by atoms with E-state index in [1.807, 2.05) is 18.2 Å². The maximum atomic E-state index is 7.63. The number of hydrogen-bond acceptors (Lipinski definition) is 3. The summed E-state index contributed by atoms with van der Waals surface area (Å²) in [7, 11) is 1.63. The van der Waals surface area contributed by atoms with Crippen LogP contribution in [0.5, 0.6) is 5.75 Å². The third-order valence-corrected chi connectivity index (χ3v) is 3.79. The Morgan fingerprint density at radius 1 is 1.16 bits per heavy atom. The first-order valence-corrected chi connectivity index (χ1v) is 6.69. The number of rotatable bonds is 4. The smallest absolute Gasteiger partial charge is 0.123 e. The second kappa shape index (κ2) is 5.80. The van der Waals surface area contributed by atoms with Gasteiger partial charge in [0.1, 0.15) is 11.6 Å². The SMILES string of the molecule is COc1ccc(C(=N)N)c(Sc2ccc(C)cc2)c1. The first-order valence-electron chi connectivity index (χ1n) is 5.87. The first-order chi connectivity index (χ1) is 9.10. The quantitative estimate of drug-likeness (QED) is 0.662. The van der Waals surface area contributed by atoms with Gasteiger partial charge in [-0.15, -0.1) is 0 Å². The Labute approximate surface area is 117 Å². The standard InChI is InChI=1S/C15H16N2OS/c1-10-3-6-12(7-4-10)19-14-9-11(18-2)5-8-13(14)15(16)17/h3-9H,1-2H3,(H3,16,17). The molecule has 3 nitrogen and oxygen atoms in total.